The molecule has 2 aliphatic rings. The summed E-state index contributed by atoms with van der Waals surface area (Å²) in [5, 5.41) is 12.1. The number of hydrogen-bond donors (Lipinski definition) is 3. The van der Waals surface area contributed by atoms with E-state index in [0.717, 1.165) is 29.4 Å². The number of aromatic nitrogens is 2. The molecule has 0 radical (unpaired) electrons. The van der Waals surface area contributed by atoms with Crippen molar-refractivity contribution in [2.45, 2.75) is 61.9 Å². The molecule has 1 aromatic carbocycles. The molecule has 1 amide bonds. The number of hydrogen-bond acceptors (Lipinski definition) is 6. The highest BCUT2D eigenvalue weighted by molar-refractivity contribution is 7.90. The third-order valence-corrected chi connectivity index (χ3v) is 7.25. The van der Waals surface area contributed by atoms with E-state index in [4.69, 9.17) is 4.74 Å². The summed E-state index contributed by atoms with van der Waals surface area (Å²) in [4.78, 5) is 11.7. The Balaban J connectivity index is 1.32. The molecule has 0 saturated heterocycles. The van der Waals surface area contributed by atoms with Crippen LogP contribution in [-0.2, 0) is 26.1 Å². The first-order valence-corrected chi connectivity index (χ1v) is 12.0. The number of benzene rings is 1. The molecule has 1 aliphatic heterocycles. The predicted molar refractivity (Wildman–Crippen MR) is 110 cm³/mol. The van der Waals surface area contributed by atoms with E-state index in [1.807, 2.05) is 6.07 Å². The normalized spacial score (nSPS) is 22.9. The van der Waals surface area contributed by atoms with Gasteiger partial charge in [-0.3, -0.25) is 5.10 Å². The van der Waals surface area contributed by atoms with Crippen LogP contribution in [0.3, 0.4) is 0 Å². The van der Waals surface area contributed by atoms with E-state index in [1.165, 1.54) is 0 Å². The number of aromatic amines is 1. The van der Waals surface area contributed by atoms with Crippen molar-refractivity contribution in [3.05, 3.63) is 41.1 Å². The standard InChI is InChI=1S/C20H23F3N4O4S/c1-11(20(21,22)23)24-19(28)31-16-5-3-12(7-16)17-8-18(27-26-17)25-15-4-2-13-9-32(29,30)10-14(13)6-15/h2,4,6,8,11-12,16H,3,5,7,9-10H2,1H3,(H,24,28)(H2,25,26,27). The molecule has 1 fully saturated rings. The molecule has 0 bridgehead atoms. The summed E-state index contributed by atoms with van der Waals surface area (Å²) in [6.07, 6.45) is -4.36. The number of sulfone groups is 1. The highest BCUT2D eigenvalue weighted by atomic mass is 32.2. The molecular formula is C20H23F3N4O4S. The van der Waals surface area contributed by atoms with E-state index in [-0.39, 0.29) is 17.4 Å². The Bertz CT molecular complexity index is 1120. The van der Waals surface area contributed by atoms with Gasteiger partial charge in [-0.2, -0.15) is 18.3 Å². The third-order valence-electron chi connectivity index (χ3n) is 5.75. The van der Waals surface area contributed by atoms with Crippen LogP contribution in [0.25, 0.3) is 0 Å². The molecule has 32 heavy (non-hydrogen) atoms. The molecule has 1 aliphatic carbocycles. The first-order chi connectivity index (χ1) is 15.0. The highest BCUT2D eigenvalue weighted by Gasteiger charge is 2.38. The average Bonchev–Trinajstić information content (AvgIpc) is 3.38. The topological polar surface area (TPSA) is 113 Å². The van der Waals surface area contributed by atoms with Gasteiger partial charge in [-0.25, -0.2) is 13.2 Å². The third kappa shape index (κ3) is 5.17. The number of alkyl carbamates (subject to hydrolysis) is 1. The van der Waals surface area contributed by atoms with Crippen molar-refractivity contribution < 1.29 is 31.1 Å². The molecule has 174 valence electrons. The fraction of sp³-hybridized carbons (Fsp3) is 0.500. The molecule has 12 heteroatoms. The van der Waals surface area contributed by atoms with Crippen LogP contribution >= 0.6 is 0 Å². The van der Waals surface area contributed by atoms with Crippen LogP contribution in [0, 0.1) is 0 Å². The van der Waals surface area contributed by atoms with Crippen LogP contribution in [0.2, 0.25) is 0 Å². The Morgan fingerprint density at radius 3 is 2.72 bits per heavy atom. The van der Waals surface area contributed by atoms with Crippen LogP contribution < -0.4 is 10.6 Å². The van der Waals surface area contributed by atoms with Crippen LogP contribution in [0.5, 0.6) is 0 Å². The minimum Gasteiger partial charge on any atom is -0.446 e. The van der Waals surface area contributed by atoms with Crippen LogP contribution in [0.1, 0.15) is 48.9 Å². The van der Waals surface area contributed by atoms with E-state index in [0.29, 0.717) is 25.1 Å². The smallest absolute Gasteiger partial charge is 0.408 e. The summed E-state index contributed by atoms with van der Waals surface area (Å²) in [5.74, 6) is 0.679. The van der Waals surface area contributed by atoms with Gasteiger partial charge >= 0.3 is 12.3 Å². The van der Waals surface area contributed by atoms with Crippen molar-refractivity contribution in [2.24, 2.45) is 0 Å². The van der Waals surface area contributed by atoms with E-state index >= 15 is 0 Å². The molecule has 3 N–H and O–H groups in total. The SMILES string of the molecule is CC(NC(=O)OC1CCC(c2cc(Nc3ccc4c(c3)CS(=O)(=O)C4)n[nH]2)C1)C(F)(F)F. The Labute approximate surface area is 182 Å². The summed E-state index contributed by atoms with van der Waals surface area (Å²) < 4.78 is 66.3. The van der Waals surface area contributed by atoms with Gasteiger partial charge in [-0.15, -0.1) is 0 Å². The molecule has 0 spiro atoms. The maximum Gasteiger partial charge on any atom is 0.408 e. The Hall–Kier alpha value is -2.76. The van der Waals surface area contributed by atoms with Crippen molar-refractivity contribution in [2.75, 3.05) is 5.32 Å². The zero-order chi connectivity index (χ0) is 23.1. The predicted octanol–water partition coefficient (Wildman–Crippen LogP) is 3.89. The zero-order valence-electron chi connectivity index (χ0n) is 17.2. The number of amides is 1. The molecule has 2 aromatic rings. The molecular weight excluding hydrogens is 449 g/mol. The average molecular weight is 472 g/mol. The fourth-order valence-electron chi connectivity index (χ4n) is 4.04. The summed E-state index contributed by atoms with van der Waals surface area (Å²) in [6.45, 7) is 0.859. The second-order valence-corrected chi connectivity index (χ2v) is 10.4. The molecule has 8 nitrogen and oxygen atoms in total. The number of H-pyrrole nitrogens is 1. The van der Waals surface area contributed by atoms with Crippen molar-refractivity contribution in [1.29, 1.82) is 0 Å². The quantitative estimate of drug-likeness (QED) is 0.609. The Kier molecular flexibility index (Phi) is 5.82. The number of nitrogens with zero attached hydrogens (tertiary/aromatic N) is 1. The number of alkyl halides is 3. The maximum atomic E-state index is 12.6. The number of halogens is 3. The van der Waals surface area contributed by atoms with Crippen molar-refractivity contribution >= 4 is 27.4 Å². The van der Waals surface area contributed by atoms with Gasteiger partial charge in [0.1, 0.15) is 12.1 Å². The molecule has 1 aromatic heterocycles. The summed E-state index contributed by atoms with van der Waals surface area (Å²) in [6, 6.07) is 5.23. The zero-order valence-corrected chi connectivity index (χ0v) is 18.0. The lowest BCUT2D eigenvalue weighted by atomic mass is 10.0. The first kappa shape index (κ1) is 22.4. The number of rotatable bonds is 5. The number of carbonyl (C=O) groups excluding carboxylic acids is 1. The lowest BCUT2D eigenvalue weighted by Gasteiger charge is -2.19. The van der Waals surface area contributed by atoms with Crippen molar-refractivity contribution in [3.63, 3.8) is 0 Å². The summed E-state index contributed by atoms with van der Waals surface area (Å²) >= 11 is 0. The molecule has 3 unspecified atom stereocenters. The van der Waals surface area contributed by atoms with E-state index in [9.17, 15) is 26.4 Å². The number of fused-ring (bicyclic) bond motifs is 1. The lowest BCUT2D eigenvalue weighted by Crippen LogP contribution is -2.44. The molecule has 1 saturated carbocycles. The van der Waals surface area contributed by atoms with Crippen LogP contribution in [0.15, 0.2) is 24.3 Å². The monoisotopic (exact) mass is 472 g/mol. The van der Waals surface area contributed by atoms with Crippen molar-refractivity contribution in [3.8, 4) is 0 Å². The summed E-state index contributed by atoms with van der Waals surface area (Å²) in [7, 11) is -3.08. The van der Waals surface area contributed by atoms with Gasteiger partial charge in [0.15, 0.2) is 15.7 Å². The van der Waals surface area contributed by atoms with E-state index in [1.54, 1.807) is 23.5 Å². The second kappa shape index (κ2) is 8.30. The molecule has 2 heterocycles. The van der Waals surface area contributed by atoms with Crippen LogP contribution in [-0.4, -0.2) is 43.0 Å². The maximum absolute atomic E-state index is 12.6. The fourth-order valence-corrected chi connectivity index (χ4v) is 5.64. The largest absolute Gasteiger partial charge is 0.446 e. The summed E-state index contributed by atoms with van der Waals surface area (Å²) in [5.41, 5.74) is 3.14. The van der Waals surface area contributed by atoms with Gasteiger partial charge in [0.2, 0.25) is 0 Å². The first-order valence-electron chi connectivity index (χ1n) is 10.2. The Morgan fingerprint density at radius 2 is 1.97 bits per heavy atom. The van der Waals surface area contributed by atoms with Gasteiger partial charge in [0.25, 0.3) is 0 Å². The van der Waals surface area contributed by atoms with Gasteiger partial charge < -0.3 is 15.4 Å². The second-order valence-electron chi connectivity index (χ2n) is 8.29. The van der Waals surface area contributed by atoms with Crippen molar-refractivity contribution in [1.82, 2.24) is 15.5 Å². The van der Waals surface area contributed by atoms with Gasteiger partial charge in [0.05, 0.1) is 11.5 Å². The number of ether oxygens (including phenoxy) is 1. The van der Waals surface area contributed by atoms with Crippen LogP contribution in [0.4, 0.5) is 29.5 Å². The highest BCUT2D eigenvalue weighted by Crippen LogP contribution is 2.36. The number of nitrogens with one attached hydrogen (secondary N) is 3. The molecule has 3 atom stereocenters. The number of anilines is 2. The minimum atomic E-state index is -4.52. The van der Waals surface area contributed by atoms with Gasteiger partial charge in [0, 0.05) is 23.4 Å². The van der Waals surface area contributed by atoms with E-state index < -0.39 is 34.3 Å². The Morgan fingerprint density at radius 1 is 1.22 bits per heavy atom. The van der Waals surface area contributed by atoms with Gasteiger partial charge in [-0.05, 0) is 49.4 Å². The molecule has 4 rings (SSSR count). The lowest BCUT2D eigenvalue weighted by molar-refractivity contribution is -0.150. The number of carbonyl (C=O) groups is 1. The van der Waals surface area contributed by atoms with E-state index in [2.05, 4.69) is 15.5 Å². The minimum absolute atomic E-state index is 0.0288. The van der Waals surface area contributed by atoms with Gasteiger partial charge in [-0.1, -0.05) is 6.07 Å².